The molecule has 0 aliphatic carbocycles. The molecule has 0 aromatic heterocycles. The second kappa shape index (κ2) is 8.19. The highest BCUT2D eigenvalue weighted by Gasteiger charge is 2.54. The molecule has 5 nitrogen and oxygen atoms in total. The van der Waals surface area contributed by atoms with Crippen LogP contribution in [0.5, 0.6) is 0 Å². The Morgan fingerprint density at radius 1 is 1.16 bits per heavy atom. The van der Waals surface area contributed by atoms with E-state index >= 15 is 0 Å². The number of fused-ring (bicyclic) bond motifs is 2. The van der Waals surface area contributed by atoms with Crippen molar-refractivity contribution in [2.75, 3.05) is 0 Å². The average molecular weight is 352 g/mol. The van der Waals surface area contributed by atoms with Crippen molar-refractivity contribution in [1.29, 1.82) is 0 Å². The fraction of sp³-hybridized carbons (Fsp3) is 0.850. The van der Waals surface area contributed by atoms with Gasteiger partial charge in [0.05, 0.1) is 18.3 Å². The minimum Gasteiger partial charge on any atom is -0.489 e. The van der Waals surface area contributed by atoms with E-state index in [9.17, 15) is 9.90 Å². The molecule has 7 atom stereocenters. The van der Waals surface area contributed by atoms with Gasteiger partial charge in [0, 0.05) is 18.4 Å². The average Bonchev–Trinajstić information content (AvgIpc) is 2.92. The fourth-order valence-corrected chi connectivity index (χ4v) is 4.28. The van der Waals surface area contributed by atoms with Crippen LogP contribution in [0, 0.1) is 5.92 Å². The smallest absolute Gasteiger partial charge is 0.159 e. The largest absolute Gasteiger partial charge is 0.489 e. The Bertz CT molecular complexity index is 502. The molecule has 0 radical (unpaired) electrons. The predicted molar refractivity (Wildman–Crippen MR) is 94.1 cm³/mol. The maximum atomic E-state index is 12.1. The Morgan fingerprint density at radius 3 is 2.68 bits per heavy atom. The lowest BCUT2D eigenvalue weighted by molar-refractivity contribution is -0.238. The number of ether oxygens (including phenoxy) is 3. The summed E-state index contributed by atoms with van der Waals surface area (Å²) >= 11 is 0. The van der Waals surface area contributed by atoms with Crippen LogP contribution < -0.4 is 0 Å². The molecule has 25 heavy (non-hydrogen) atoms. The van der Waals surface area contributed by atoms with Crippen LogP contribution in [0.15, 0.2) is 11.8 Å². The molecule has 0 aromatic carbocycles. The second-order valence-electron chi connectivity index (χ2n) is 7.70. The van der Waals surface area contributed by atoms with Crippen molar-refractivity contribution in [3.8, 4) is 0 Å². The van der Waals surface area contributed by atoms with Crippen LogP contribution >= 0.6 is 0 Å². The molecule has 5 heteroatoms. The van der Waals surface area contributed by atoms with Gasteiger partial charge in [0.15, 0.2) is 5.78 Å². The summed E-state index contributed by atoms with van der Waals surface area (Å²) in [5, 5.41) is 10.6. The molecule has 3 rings (SSSR count). The molecule has 3 heterocycles. The number of allylic oxidation sites excluding steroid dienone is 1. The first kappa shape index (κ1) is 18.9. The summed E-state index contributed by atoms with van der Waals surface area (Å²) in [6.07, 6.45) is 6.75. The van der Waals surface area contributed by atoms with Crippen LogP contribution in [-0.2, 0) is 19.0 Å². The number of aliphatic hydroxyl groups excluding tert-OH is 1. The molecular weight excluding hydrogens is 320 g/mol. The molecule has 142 valence electrons. The number of aliphatic hydroxyl groups is 1. The molecule has 1 unspecified atom stereocenters. The number of hydrogen-bond donors (Lipinski definition) is 1. The third kappa shape index (κ3) is 3.93. The SMILES string of the molecule is CCCCCC(=O)/C=C1\O[C@@H]2C(O[C@H]3CC[C@H](CC)O[C@@H]3[C@@H]2C)[C@H]1O. The lowest BCUT2D eigenvalue weighted by Gasteiger charge is -2.46. The maximum absolute atomic E-state index is 12.1. The summed E-state index contributed by atoms with van der Waals surface area (Å²) in [6, 6.07) is 0. The third-order valence-corrected chi connectivity index (χ3v) is 5.84. The van der Waals surface area contributed by atoms with E-state index in [4.69, 9.17) is 14.2 Å². The summed E-state index contributed by atoms with van der Waals surface area (Å²) in [5.74, 6) is 0.524. The van der Waals surface area contributed by atoms with Gasteiger partial charge in [-0.25, -0.2) is 0 Å². The molecule has 3 fully saturated rings. The number of unbranched alkanes of at least 4 members (excludes halogenated alkanes) is 2. The Morgan fingerprint density at radius 2 is 1.96 bits per heavy atom. The molecule has 0 spiro atoms. The summed E-state index contributed by atoms with van der Waals surface area (Å²) < 4.78 is 18.3. The van der Waals surface area contributed by atoms with Crippen molar-refractivity contribution in [3.63, 3.8) is 0 Å². The van der Waals surface area contributed by atoms with Crippen molar-refractivity contribution < 1.29 is 24.1 Å². The third-order valence-electron chi connectivity index (χ3n) is 5.84. The minimum atomic E-state index is -0.854. The van der Waals surface area contributed by atoms with Crippen molar-refractivity contribution in [1.82, 2.24) is 0 Å². The van der Waals surface area contributed by atoms with Crippen molar-refractivity contribution in [2.45, 2.75) is 102 Å². The monoisotopic (exact) mass is 352 g/mol. The number of carbonyl (C=O) groups excluding carboxylic acids is 1. The van der Waals surface area contributed by atoms with Crippen LogP contribution in [-0.4, -0.2) is 47.5 Å². The first-order valence-corrected chi connectivity index (χ1v) is 9.95. The molecular formula is C20H32O5. The van der Waals surface area contributed by atoms with E-state index in [0.717, 1.165) is 38.5 Å². The van der Waals surface area contributed by atoms with Gasteiger partial charge in [0.2, 0.25) is 0 Å². The first-order valence-electron chi connectivity index (χ1n) is 9.95. The predicted octanol–water partition coefficient (Wildman–Crippen LogP) is 3.14. The van der Waals surface area contributed by atoms with Gasteiger partial charge in [0.1, 0.15) is 24.1 Å². The van der Waals surface area contributed by atoms with Gasteiger partial charge < -0.3 is 19.3 Å². The van der Waals surface area contributed by atoms with Crippen LogP contribution in [0.3, 0.4) is 0 Å². The van der Waals surface area contributed by atoms with E-state index in [2.05, 4.69) is 20.8 Å². The Balaban J connectivity index is 1.66. The van der Waals surface area contributed by atoms with Gasteiger partial charge in [-0.1, -0.05) is 33.6 Å². The van der Waals surface area contributed by atoms with Gasteiger partial charge in [0.25, 0.3) is 0 Å². The summed E-state index contributed by atoms with van der Waals surface area (Å²) in [7, 11) is 0. The molecule has 0 bridgehead atoms. The van der Waals surface area contributed by atoms with Gasteiger partial charge in [-0.15, -0.1) is 0 Å². The number of rotatable bonds is 6. The van der Waals surface area contributed by atoms with Crippen molar-refractivity contribution >= 4 is 5.78 Å². The first-order chi connectivity index (χ1) is 12.0. The van der Waals surface area contributed by atoms with E-state index in [1.807, 2.05) is 0 Å². The van der Waals surface area contributed by atoms with Gasteiger partial charge in [-0.2, -0.15) is 0 Å². The van der Waals surface area contributed by atoms with E-state index in [1.165, 1.54) is 6.08 Å². The lowest BCUT2D eigenvalue weighted by atomic mass is 9.83. The zero-order valence-electron chi connectivity index (χ0n) is 15.6. The zero-order valence-corrected chi connectivity index (χ0v) is 15.6. The Labute approximate surface area is 150 Å². The fourth-order valence-electron chi connectivity index (χ4n) is 4.28. The van der Waals surface area contributed by atoms with E-state index in [1.54, 1.807) is 0 Å². The van der Waals surface area contributed by atoms with Crippen LogP contribution in [0.4, 0.5) is 0 Å². The van der Waals surface area contributed by atoms with Gasteiger partial charge >= 0.3 is 0 Å². The molecule has 3 aliphatic rings. The highest BCUT2D eigenvalue weighted by Crippen LogP contribution is 2.43. The van der Waals surface area contributed by atoms with Crippen LogP contribution in [0.25, 0.3) is 0 Å². The lowest BCUT2D eigenvalue weighted by Crippen LogP contribution is -2.57. The second-order valence-corrected chi connectivity index (χ2v) is 7.70. The number of ketones is 1. The molecule has 0 aromatic rings. The van der Waals surface area contributed by atoms with E-state index < -0.39 is 12.2 Å². The molecule has 3 saturated heterocycles. The van der Waals surface area contributed by atoms with Crippen LogP contribution in [0.2, 0.25) is 0 Å². The highest BCUT2D eigenvalue weighted by molar-refractivity contribution is 5.90. The summed E-state index contributed by atoms with van der Waals surface area (Å²) in [5.41, 5.74) is 0. The topological polar surface area (TPSA) is 65.0 Å². The quantitative estimate of drug-likeness (QED) is 0.588. The van der Waals surface area contributed by atoms with Crippen molar-refractivity contribution in [2.24, 2.45) is 5.92 Å². The number of carbonyl (C=O) groups is 1. The van der Waals surface area contributed by atoms with Gasteiger partial charge in [-0.05, 0) is 25.7 Å². The summed E-state index contributed by atoms with van der Waals surface area (Å²) in [6.45, 7) is 6.36. The standard InChI is InChI=1S/C20H32O5/c1-4-6-7-8-13(21)11-16-17(22)20-19(25-16)12(3)18-15(24-20)10-9-14(5-2)23-18/h11-12,14-15,17-20,22H,4-10H2,1-3H3/b16-11-/t12-,14-,15-,17-,18+,19-,20?/m0/s1. The Hall–Kier alpha value is -0.910. The molecule has 3 aliphatic heterocycles. The van der Waals surface area contributed by atoms with Gasteiger partial charge in [-0.3, -0.25) is 4.79 Å². The maximum Gasteiger partial charge on any atom is 0.159 e. The molecule has 1 N–H and O–H groups in total. The minimum absolute atomic E-state index is 0.00626. The Kier molecular flexibility index (Phi) is 6.18. The highest BCUT2D eigenvalue weighted by atomic mass is 16.6. The molecule has 0 saturated carbocycles. The zero-order chi connectivity index (χ0) is 18.0. The van der Waals surface area contributed by atoms with Crippen molar-refractivity contribution in [3.05, 3.63) is 11.8 Å². The molecule has 0 amide bonds. The van der Waals surface area contributed by atoms with E-state index in [0.29, 0.717) is 12.2 Å². The van der Waals surface area contributed by atoms with E-state index in [-0.39, 0.29) is 36.1 Å². The number of hydrogen-bond acceptors (Lipinski definition) is 5. The summed E-state index contributed by atoms with van der Waals surface area (Å²) in [4.78, 5) is 12.1. The van der Waals surface area contributed by atoms with Crippen LogP contribution in [0.1, 0.15) is 65.7 Å². The normalized spacial score (nSPS) is 41.9.